The number of amides is 1. The van der Waals surface area contributed by atoms with Gasteiger partial charge in [0, 0.05) is 20.0 Å². The molecule has 1 aliphatic rings. The predicted molar refractivity (Wildman–Crippen MR) is 103 cm³/mol. The molecule has 8 heteroatoms. The highest BCUT2D eigenvalue weighted by molar-refractivity contribution is 6.15. The Morgan fingerprint density at radius 2 is 2.00 bits per heavy atom. The Balaban J connectivity index is 2.06. The molecule has 1 aliphatic heterocycles. The highest BCUT2D eigenvalue weighted by atomic mass is 16.5. The first kappa shape index (κ1) is 20.3. The molecule has 2 heterocycles. The molecule has 0 saturated carbocycles. The summed E-state index contributed by atoms with van der Waals surface area (Å²) in [5, 5.41) is 10.5. The molecular formula is C21H22N2O6. The number of aliphatic hydroxyl groups excluding tert-OH is 1. The Bertz CT molecular complexity index is 961. The number of rotatable bonds is 7. The Morgan fingerprint density at radius 3 is 2.62 bits per heavy atom. The second-order valence-corrected chi connectivity index (χ2v) is 6.94. The van der Waals surface area contributed by atoms with Crippen LogP contribution in [0.15, 0.2) is 58.4 Å². The summed E-state index contributed by atoms with van der Waals surface area (Å²) in [6, 6.07) is 8.74. The lowest BCUT2D eigenvalue weighted by Gasteiger charge is -2.28. The van der Waals surface area contributed by atoms with Gasteiger partial charge >= 0.3 is 5.97 Å². The first-order valence-electron chi connectivity index (χ1n) is 9.05. The number of esters is 1. The molecule has 0 saturated heterocycles. The highest BCUT2D eigenvalue weighted by Crippen LogP contribution is 2.39. The van der Waals surface area contributed by atoms with E-state index in [1.807, 2.05) is 19.0 Å². The summed E-state index contributed by atoms with van der Waals surface area (Å²) in [5.74, 6) is -1.99. The van der Waals surface area contributed by atoms with Crippen LogP contribution in [0.1, 0.15) is 29.1 Å². The van der Waals surface area contributed by atoms with Crippen LogP contribution in [0.25, 0.3) is 0 Å². The molecule has 1 atom stereocenters. The highest BCUT2D eigenvalue weighted by Gasteiger charge is 2.44. The molecule has 0 radical (unpaired) electrons. The average Bonchev–Trinajstić information content (AvgIpc) is 3.27. The minimum atomic E-state index is -0.837. The summed E-state index contributed by atoms with van der Waals surface area (Å²) in [6.45, 7) is 2.10. The molecule has 1 aromatic heterocycles. The number of likely N-dealkylation sites (N-methyl/N-ethyl adjacent to an activating group) is 1. The van der Waals surface area contributed by atoms with Crippen LogP contribution >= 0.6 is 0 Å². The maximum absolute atomic E-state index is 13.0. The molecule has 1 amide bonds. The zero-order valence-electron chi connectivity index (χ0n) is 16.4. The fourth-order valence-electron chi connectivity index (χ4n) is 3.23. The van der Waals surface area contributed by atoms with E-state index in [9.17, 15) is 19.5 Å². The quantitative estimate of drug-likeness (QED) is 0.434. The van der Waals surface area contributed by atoms with Gasteiger partial charge in [0.2, 0.25) is 5.78 Å². The van der Waals surface area contributed by atoms with E-state index >= 15 is 0 Å². The number of hydrogen-bond acceptors (Lipinski definition) is 7. The van der Waals surface area contributed by atoms with Crippen LogP contribution < -0.4 is 4.74 Å². The van der Waals surface area contributed by atoms with E-state index in [-0.39, 0.29) is 23.6 Å². The number of aliphatic hydroxyl groups is 1. The Labute approximate surface area is 168 Å². The molecule has 152 valence electrons. The first-order chi connectivity index (χ1) is 13.8. The number of ketones is 1. The molecule has 1 unspecified atom stereocenters. The van der Waals surface area contributed by atoms with Crippen molar-refractivity contribution in [3.8, 4) is 5.75 Å². The van der Waals surface area contributed by atoms with Gasteiger partial charge in [0.05, 0.1) is 17.9 Å². The number of carbonyl (C=O) groups is 3. The van der Waals surface area contributed by atoms with Crippen LogP contribution in [0, 0.1) is 0 Å². The van der Waals surface area contributed by atoms with Crippen molar-refractivity contribution in [3.63, 3.8) is 0 Å². The number of ether oxygens (including phenoxy) is 1. The maximum Gasteiger partial charge on any atom is 0.308 e. The lowest BCUT2D eigenvalue weighted by atomic mass is 9.95. The monoisotopic (exact) mass is 398 g/mol. The van der Waals surface area contributed by atoms with Crippen molar-refractivity contribution in [2.75, 3.05) is 27.2 Å². The summed E-state index contributed by atoms with van der Waals surface area (Å²) < 4.78 is 10.3. The van der Waals surface area contributed by atoms with Gasteiger partial charge in [-0.15, -0.1) is 0 Å². The van der Waals surface area contributed by atoms with Gasteiger partial charge in [0.25, 0.3) is 5.91 Å². The zero-order chi connectivity index (χ0) is 21.1. The number of Topliss-reactive ketones (excluding diaryl/α,β-unsaturated/α-hetero) is 1. The van der Waals surface area contributed by atoms with Gasteiger partial charge in [0.15, 0.2) is 11.5 Å². The molecule has 0 bridgehead atoms. The largest absolute Gasteiger partial charge is 0.503 e. The van der Waals surface area contributed by atoms with Crippen LogP contribution in [-0.4, -0.2) is 59.8 Å². The van der Waals surface area contributed by atoms with Crippen LogP contribution in [0.3, 0.4) is 0 Å². The van der Waals surface area contributed by atoms with Crippen molar-refractivity contribution < 1.29 is 28.6 Å². The SMILES string of the molecule is CC(=O)Oc1cccc(C2C(C(=O)c3ccco3)=C(O)C(=O)N2CCN(C)C)c1. The van der Waals surface area contributed by atoms with Crippen LogP contribution in [0.2, 0.25) is 0 Å². The Morgan fingerprint density at radius 1 is 1.24 bits per heavy atom. The van der Waals surface area contributed by atoms with E-state index < -0.39 is 29.5 Å². The van der Waals surface area contributed by atoms with Crippen LogP contribution in [0.5, 0.6) is 5.75 Å². The normalized spacial score (nSPS) is 16.6. The van der Waals surface area contributed by atoms with Gasteiger partial charge in [-0.3, -0.25) is 14.4 Å². The molecule has 0 spiro atoms. The van der Waals surface area contributed by atoms with Crippen LogP contribution in [0.4, 0.5) is 0 Å². The third kappa shape index (κ3) is 4.22. The number of carbonyl (C=O) groups excluding carboxylic acids is 3. The van der Waals surface area contributed by atoms with Crippen molar-refractivity contribution in [2.45, 2.75) is 13.0 Å². The second-order valence-electron chi connectivity index (χ2n) is 6.94. The molecule has 8 nitrogen and oxygen atoms in total. The van der Waals surface area contributed by atoms with Gasteiger partial charge in [-0.05, 0) is 43.9 Å². The van der Waals surface area contributed by atoms with Crippen molar-refractivity contribution in [1.29, 1.82) is 0 Å². The zero-order valence-corrected chi connectivity index (χ0v) is 16.4. The number of hydrogen-bond donors (Lipinski definition) is 1. The number of benzene rings is 1. The van der Waals surface area contributed by atoms with Crippen molar-refractivity contribution in [2.24, 2.45) is 0 Å². The minimum Gasteiger partial charge on any atom is -0.503 e. The first-order valence-corrected chi connectivity index (χ1v) is 9.05. The van der Waals surface area contributed by atoms with Gasteiger partial charge in [-0.2, -0.15) is 0 Å². The molecule has 2 aromatic rings. The van der Waals surface area contributed by atoms with Crippen molar-refractivity contribution in [3.05, 3.63) is 65.3 Å². The fourth-order valence-corrected chi connectivity index (χ4v) is 3.23. The lowest BCUT2D eigenvalue weighted by Crippen LogP contribution is -2.36. The van der Waals surface area contributed by atoms with Crippen molar-refractivity contribution in [1.82, 2.24) is 9.80 Å². The van der Waals surface area contributed by atoms with Gasteiger partial charge in [0.1, 0.15) is 5.75 Å². The summed E-state index contributed by atoms with van der Waals surface area (Å²) in [5.41, 5.74) is 0.471. The molecule has 0 aliphatic carbocycles. The lowest BCUT2D eigenvalue weighted by molar-refractivity contribution is -0.132. The minimum absolute atomic E-state index is 0.0231. The van der Waals surface area contributed by atoms with Gasteiger partial charge in [-0.1, -0.05) is 12.1 Å². The van der Waals surface area contributed by atoms with E-state index in [2.05, 4.69) is 0 Å². The van der Waals surface area contributed by atoms with Crippen molar-refractivity contribution >= 4 is 17.7 Å². The predicted octanol–water partition coefficient (Wildman–Crippen LogP) is 2.34. The second kappa shape index (κ2) is 8.32. The fraction of sp³-hybridized carbons (Fsp3) is 0.286. The topological polar surface area (TPSA) is 100 Å². The van der Waals surface area contributed by atoms with Crippen LogP contribution in [-0.2, 0) is 9.59 Å². The standard InChI is InChI=1S/C21H22N2O6/c1-13(24)29-15-7-4-6-14(12-15)18-17(19(25)16-8-5-11-28-16)20(26)21(27)23(18)10-9-22(2)3/h4-8,11-12,18,26H,9-10H2,1-3H3. The summed E-state index contributed by atoms with van der Waals surface area (Å²) >= 11 is 0. The summed E-state index contributed by atoms with van der Waals surface area (Å²) in [7, 11) is 3.72. The molecule has 3 rings (SSSR count). The smallest absolute Gasteiger partial charge is 0.308 e. The van der Waals surface area contributed by atoms with E-state index in [1.54, 1.807) is 30.3 Å². The summed E-state index contributed by atoms with van der Waals surface area (Å²) in [4.78, 5) is 40.4. The molecule has 0 fully saturated rings. The van der Waals surface area contributed by atoms with E-state index in [0.717, 1.165) is 0 Å². The third-order valence-electron chi connectivity index (χ3n) is 4.52. The molecule has 29 heavy (non-hydrogen) atoms. The number of furan rings is 1. The van der Waals surface area contributed by atoms with E-state index in [1.165, 1.54) is 24.2 Å². The molecule has 1 N–H and O–H groups in total. The molecule has 1 aromatic carbocycles. The third-order valence-corrected chi connectivity index (χ3v) is 4.52. The molecular weight excluding hydrogens is 376 g/mol. The summed E-state index contributed by atoms with van der Waals surface area (Å²) in [6.07, 6.45) is 1.35. The average molecular weight is 398 g/mol. The van der Waals surface area contributed by atoms with E-state index in [0.29, 0.717) is 12.1 Å². The maximum atomic E-state index is 13.0. The van der Waals surface area contributed by atoms with Gasteiger partial charge in [-0.25, -0.2) is 0 Å². The van der Waals surface area contributed by atoms with E-state index in [4.69, 9.17) is 9.15 Å². The number of nitrogens with zero attached hydrogens (tertiary/aromatic N) is 2. The Hall–Kier alpha value is -3.39. The Kier molecular flexibility index (Phi) is 5.84. The van der Waals surface area contributed by atoms with Gasteiger partial charge < -0.3 is 24.1 Å².